The van der Waals surface area contributed by atoms with Crippen molar-refractivity contribution >= 4 is 43.0 Å². The highest BCUT2D eigenvalue weighted by atomic mass is 31.2. The summed E-state index contributed by atoms with van der Waals surface area (Å²) in [6, 6.07) is 6.12. The number of benzene rings is 1. The van der Waals surface area contributed by atoms with E-state index in [0.717, 1.165) is 0 Å². The van der Waals surface area contributed by atoms with Crippen LogP contribution >= 0.6 is 7.75 Å². The highest BCUT2D eigenvalue weighted by molar-refractivity contribution is 7.52. The fourth-order valence-corrected chi connectivity index (χ4v) is 6.00. The van der Waals surface area contributed by atoms with Crippen LogP contribution in [0.5, 0.6) is 5.75 Å². The number of esters is 1. The van der Waals surface area contributed by atoms with E-state index in [4.69, 9.17) is 25.3 Å². The quantitative estimate of drug-likeness (QED) is 0.120. The lowest BCUT2D eigenvalue weighted by Crippen LogP contribution is -2.39. The van der Waals surface area contributed by atoms with E-state index < -0.39 is 42.7 Å². The van der Waals surface area contributed by atoms with Crippen molar-refractivity contribution in [3.8, 4) is 5.75 Å². The topological polar surface area (TPSA) is 227 Å². The number of carbonyl (C=O) groups excluding carboxylic acids is 1. The van der Waals surface area contributed by atoms with E-state index in [1.807, 2.05) is 13.8 Å². The number of aliphatic carboxylic acids is 1. The number of hydrogen-bond acceptors (Lipinski definition) is 11. The third kappa shape index (κ3) is 7.91. The molecule has 0 saturated heterocycles. The van der Waals surface area contributed by atoms with Crippen molar-refractivity contribution in [3.05, 3.63) is 52.6 Å². The van der Waals surface area contributed by atoms with Crippen molar-refractivity contribution in [3.63, 3.8) is 0 Å². The number of fused-ring (bicyclic) bond motifs is 1. The number of ether oxygens (including phenoxy) is 1. The van der Waals surface area contributed by atoms with Crippen LogP contribution in [-0.4, -0.2) is 61.9 Å². The Morgan fingerprint density at radius 3 is 2.57 bits per heavy atom. The number of nitrogens with zero attached hydrogens (tertiary/aromatic N) is 3. The number of H-pyrrole nitrogens is 1. The Labute approximate surface area is 253 Å². The number of aromatic nitrogens is 4. The lowest BCUT2D eigenvalue weighted by Gasteiger charge is -2.26. The molecule has 0 aliphatic heterocycles. The van der Waals surface area contributed by atoms with Gasteiger partial charge in [0.1, 0.15) is 30.8 Å². The van der Waals surface area contributed by atoms with E-state index in [-0.39, 0.29) is 54.3 Å². The van der Waals surface area contributed by atoms with Gasteiger partial charge in [-0.25, -0.2) is 9.55 Å². The van der Waals surface area contributed by atoms with Gasteiger partial charge in [-0.2, -0.15) is 10.1 Å². The summed E-state index contributed by atoms with van der Waals surface area (Å²) in [6.07, 6.45) is 3.52. The van der Waals surface area contributed by atoms with Gasteiger partial charge in [0.2, 0.25) is 5.95 Å². The van der Waals surface area contributed by atoms with Crippen molar-refractivity contribution in [2.45, 2.75) is 52.6 Å². The van der Waals surface area contributed by atoms with E-state index >= 15 is 0 Å². The molecule has 1 fully saturated rings. The Hall–Kier alpha value is -4.04. The van der Waals surface area contributed by atoms with Crippen LogP contribution in [0.4, 0.5) is 5.95 Å². The number of nitrogens with two attached hydrogens (primary N) is 2. The number of carboxylic acids is 1. The van der Waals surface area contributed by atoms with Crippen LogP contribution in [0.15, 0.2) is 47.0 Å². The van der Waals surface area contributed by atoms with Gasteiger partial charge >= 0.3 is 19.7 Å². The first-order chi connectivity index (χ1) is 20.7. The van der Waals surface area contributed by atoms with Gasteiger partial charge in [-0.15, -0.1) is 0 Å². The molecule has 1 aliphatic rings. The molecule has 44 heavy (non-hydrogen) atoms. The van der Waals surface area contributed by atoms with E-state index in [9.17, 15) is 24.1 Å². The average molecular weight is 632 g/mol. The monoisotopic (exact) mass is 631 g/mol. The number of carboxylic acid groups (broad SMARTS) is 1. The van der Waals surface area contributed by atoms with E-state index in [0.29, 0.717) is 12.0 Å². The van der Waals surface area contributed by atoms with Crippen LogP contribution in [0, 0.1) is 17.3 Å². The highest BCUT2D eigenvalue weighted by Gasteiger charge is 2.53. The molecule has 2 heterocycles. The molecule has 0 amide bonds. The summed E-state index contributed by atoms with van der Waals surface area (Å²) in [5.41, 5.74) is 11.2. The van der Waals surface area contributed by atoms with Crippen LogP contribution in [-0.2, 0) is 23.4 Å². The Kier molecular flexibility index (Phi) is 9.94. The van der Waals surface area contributed by atoms with Gasteiger partial charge in [0.15, 0.2) is 11.2 Å². The molecule has 3 aromatic rings. The molecule has 4 rings (SSSR count). The standard InChI is InChI=1S/C28H38N7O8P/c1-16(2)10-20(25(37)38)34-44(40,43-19-8-6-5-7-9-19)42-14-28(13-41-26(39)21(29)17(3)4)11-18(28)12-35-15-31-22-23(35)32-27(30)33-24(22)36/h5-9,12,15-17,20-21H,10-11,13-14,29H2,1-4H3,(H,34,40)(H,37,38)(H3,30,32,33,36)/b18-12-/t20-,21-,28?,44?/m0/s1. The molecule has 7 N–H and O–H groups in total. The smallest absolute Gasteiger partial charge is 0.459 e. The molecule has 1 saturated carbocycles. The Balaban J connectivity index is 1.65. The zero-order chi connectivity index (χ0) is 32.2. The fourth-order valence-electron chi connectivity index (χ4n) is 4.40. The summed E-state index contributed by atoms with van der Waals surface area (Å²) in [4.78, 5) is 47.6. The molecule has 15 nitrogen and oxygen atoms in total. The second kappa shape index (κ2) is 13.3. The van der Waals surface area contributed by atoms with Crippen molar-refractivity contribution in [1.29, 1.82) is 0 Å². The SMILES string of the molecule is CC(C)C[C@H](NP(=O)(OCC1(COC(=O)[C@@H](N)C(C)C)C/C1=C/n1cnc2c(=O)[nH]c(N)nc21)Oc1ccccc1)C(=O)O. The predicted molar refractivity (Wildman–Crippen MR) is 162 cm³/mol. The van der Waals surface area contributed by atoms with Crippen LogP contribution < -0.4 is 26.6 Å². The molecule has 0 radical (unpaired) electrons. The van der Waals surface area contributed by atoms with E-state index in [1.54, 1.807) is 50.4 Å². The Morgan fingerprint density at radius 1 is 1.23 bits per heavy atom. The number of nitrogen functional groups attached to an aromatic ring is 1. The van der Waals surface area contributed by atoms with Gasteiger partial charge < -0.3 is 25.8 Å². The number of carbonyl (C=O) groups is 2. The molecular weight excluding hydrogens is 593 g/mol. The van der Waals surface area contributed by atoms with Gasteiger partial charge in [-0.1, -0.05) is 45.9 Å². The van der Waals surface area contributed by atoms with Gasteiger partial charge in [0, 0.05) is 6.20 Å². The lowest BCUT2D eigenvalue weighted by molar-refractivity contribution is -0.148. The van der Waals surface area contributed by atoms with Crippen molar-refractivity contribution < 1.29 is 33.0 Å². The van der Waals surface area contributed by atoms with Crippen LogP contribution in [0.3, 0.4) is 0 Å². The van der Waals surface area contributed by atoms with Crippen LogP contribution in [0.25, 0.3) is 17.4 Å². The van der Waals surface area contributed by atoms with Gasteiger partial charge in [-0.3, -0.25) is 28.5 Å². The van der Waals surface area contributed by atoms with E-state index in [2.05, 4.69) is 20.0 Å². The number of para-hydroxylation sites is 1. The predicted octanol–water partition coefficient (Wildman–Crippen LogP) is 2.75. The van der Waals surface area contributed by atoms with Crippen LogP contribution in [0.1, 0.15) is 40.5 Å². The minimum atomic E-state index is -4.31. The molecule has 1 aliphatic carbocycles. The number of rotatable bonds is 15. The number of nitrogens with one attached hydrogen (secondary N) is 2. The van der Waals surface area contributed by atoms with Gasteiger partial charge in [0.05, 0.1) is 12.0 Å². The molecule has 4 atom stereocenters. The second-order valence-corrected chi connectivity index (χ2v) is 13.3. The molecule has 16 heteroatoms. The maximum atomic E-state index is 14.1. The number of aromatic amines is 1. The minimum Gasteiger partial charge on any atom is -0.480 e. The summed E-state index contributed by atoms with van der Waals surface area (Å²) < 4.78 is 32.9. The number of imidazole rings is 1. The Bertz CT molecular complexity index is 1640. The lowest BCUT2D eigenvalue weighted by atomic mass is 10.1. The normalized spacial score (nSPS) is 20.0. The first-order valence-electron chi connectivity index (χ1n) is 14.1. The molecule has 0 spiro atoms. The molecule has 1 aromatic carbocycles. The third-order valence-corrected chi connectivity index (χ3v) is 8.66. The second-order valence-electron chi connectivity index (χ2n) is 11.6. The molecule has 0 bridgehead atoms. The van der Waals surface area contributed by atoms with Crippen molar-refractivity contribution in [2.24, 2.45) is 23.0 Å². The summed E-state index contributed by atoms with van der Waals surface area (Å²) in [5.74, 6) is -1.94. The summed E-state index contributed by atoms with van der Waals surface area (Å²) in [6.45, 7) is 6.79. The number of anilines is 1. The molecule has 2 unspecified atom stereocenters. The summed E-state index contributed by atoms with van der Waals surface area (Å²) >= 11 is 0. The van der Waals surface area contributed by atoms with Gasteiger partial charge in [0.25, 0.3) is 5.56 Å². The largest absolute Gasteiger partial charge is 0.480 e. The van der Waals surface area contributed by atoms with Crippen molar-refractivity contribution in [2.75, 3.05) is 18.9 Å². The average Bonchev–Trinajstić information content (AvgIpc) is 3.49. The Morgan fingerprint density at radius 2 is 1.93 bits per heavy atom. The third-order valence-electron chi connectivity index (χ3n) is 7.11. The van der Waals surface area contributed by atoms with Gasteiger partial charge in [-0.05, 0) is 42.4 Å². The number of hydrogen-bond donors (Lipinski definition) is 5. The van der Waals surface area contributed by atoms with Crippen LogP contribution in [0.2, 0.25) is 0 Å². The molecule has 2 aromatic heterocycles. The maximum absolute atomic E-state index is 14.1. The maximum Gasteiger partial charge on any atom is 0.459 e. The first kappa shape index (κ1) is 32.9. The molecular formula is C28H38N7O8P. The first-order valence-corrected chi connectivity index (χ1v) is 15.6. The fraction of sp³-hybridized carbons (Fsp3) is 0.464. The zero-order valence-electron chi connectivity index (χ0n) is 24.9. The zero-order valence-corrected chi connectivity index (χ0v) is 25.8. The highest BCUT2D eigenvalue weighted by Crippen LogP contribution is 2.56. The summed E-state index contributed by atoms with van der Waals surface area (Å²) in [5, 5.41) is 12.4. The minimum absolute atomic E-state index is 0.0393. The van der Waals surface area contributed by atoms with E-state index in [1.165, 1.54) is 10.9 Å². The van der Waals surface area contributed by atoms with Crippen molar-refractivity contribution in [1.82, 2.24) is 24.6 Å². The summed E-state index contributed by atoms with van der Waals surface area (Å²) in [7, 11) is -4.31. The molecule has 238 valence electrons.